The molecule has 1 N–H and O–H groups in total. The van der Waals surface area contributed by atoms with Gasteiger partial charge in [-0.15, -0.1) is 0 Å². The van der Waals surface area contributed by atoms with Crippen LogP contribution in [0.25, 0.3) is 0 Å². The minimum atomic E-state index is -3.42. The van der Waals surface area contributed by atoms with Crippen molar-refractivity contribution < 1.29 is 18.3 Å². The van der Waals surface area contributed by atoms with Crippen LogP contribution in [0.2, 0.25) is 0 Å². The summed E-state index contributed by atoms with van der Waals surface area (Å²) < 4.78 is 25.1. The van der Waals surface area contributed by atoms with E-state index in [4.69, 9.17) is 5.11 Å². The van der Waals surface area contributed by atoms with Crippen molar-refractivity contribution in [3.8, 4) is 0 Å². The first-order chi connectivity index (χ1) is 7.34. The molecular formula is C10H19NO4S. The van der Waals surface area contributed by atoms with Crippen molar-refractivity contribution in [2.75, 3.05) is 12.3 Å². The van der Waals surface area contributed by atoms with E-state index in [0.29, 0.717) is 13.0 Å². The third-order valence-electron chi connectivity index (χ3n) is 2.64. The van der Waals surface area contributed by atoms with Crippen molar-refractivity contribution in [2.24, 2.45) is 5.92 Å². The van der Waals surface area contributed by atoms with E-state index in [9.17, 15) is 13.2 Å². The van der Waals surface area contributed by atoms with Crippen molar-refractivity contribution >= 4 is 16.0 Å². The Bertz CT molecular complexity index is 350. The first-order valence-corrected chi connectivity index (χ1v) is 7.18. The molecule has 0 aromatic rings. The summed E-state index contributed by atoms with van der Waals surface area (Å²) >= 11 is 0. The summed E-state index contributed by atoms with van der Waals surface area (Å²) in [7, 11) is -3.42. The molecule has 0 aliphatic carbocycles. The van der Waals surface area contributed by atoms with E-state index in [1.807, 2.05) is 13.8 Å². The highest BCUT2D eigenvalue weighted by atomic mass is 32.2. The van der Waals surface area contributed by atoms with Crippen molar-refractivity contribution in [2.45, 2.75) is 39.2 Å². The molecule has 1 aliphatic rings. The predicted octanol–water partition coefficient (Wildman–Crippen LogP) is 0.911. The first-order valence-electron chi connectivity index (χ1n) is 5.57. The fourth-order valence-corrected chi connectivity index (χ4v) is 4.03. The van der Waals surface area contributed by atoms with E-state index < -0.39 is 22.0 Å². The molecule has 1 rings (SSSR count). The number of hydrogen-bond acceptors (Lipinski definition) is 3. The van der Waals surface area contributed by atoms with Gasteiger partial charge < -0.3 is 5.11 Å². The van der Waals surface area contributed by atoms with Gasteiger partial charge >= 0.3 is 5.97 Å². The molecule has 5 nitrogen and oxygen atoms in total. The minimum absolute atomic E-state index is 0.0152. The van der Waals surface area contributed by atoms with Crippen LogP contribution >= 0.6 is 0 Å². The minimum Gasteiger partial charge on any atom is -0.480 e. The van der Waals surface area contributed by atoms with Crippen LogP contribution in [-0.4, -0.2) is 42.1 Å². The highest BCUT2D eigenvalue weighted by molar-refractivity contribution is 7.89. The molecule has 0 aromatic carbocycles. The fraction of sp³-hybridized carbons (Fsp3) is 0.900. The lowest BCUT2D eigenvalue weighted by atomic mass is 10.1. The van der Waals surface area contributed by atoms with Crippen LogP contribution in [0.1, 0.15) is 33.1 Å². The summed E-state index contributed by atoms with van der Waals surface area (Å²) in [5, 5.41) is 9.00. The lowest BCUT2D eigenvalue weighted by molar-refractivity contribution is -0.142. The summed E-state index contributed by atoms with van der Waals surface area (Å²) in [6.07, 6.45) is 1.96. The molecule has 0 bridgehead atoms. The maximum absolute atomic E-state index is 12.0. The van der Waals surface area contributed by atoms with E-state index in [-0.39, 0.29) is 11.7 Å². The molecular weight excluding hydrogens is 230 g/mol. The van der Waals surface area contributed by atoms with Gasteiger partial charge in [0.1, 0.15) is 6.04 Å². The standard InChI is InChI=1S/C10H19NO4S/c1-8(2)7-16(14,15)11-6-4-3-5-9(11)10(12)13/h8-9H,3-7H2,1-2H3,(H,12,13)/t9-/m1/s1. The summed E-state index contributed by atoms with van der Waals surface area (Å²) in [6, 6.07) is -0.863. The summed E-state index contributed by atoms with van der Waals surface area (Å²) in [5.74, 6) is -0.995. The van der Waals surface area contributed by atoms with E-state index in [1.54, 1.807) is 0 Å². The van der Waals surface area contributed by atoms with Gasteiger partial charge in [0.25, 0.3) is 0 Å². The van der Waals surface area contributed by atoms with Crippen molar-refractivity contribution in [1.29, 1.82) is 0 Å². The Labute approximate surface area is 96.5 Å². The molecule has 1 atom stereocenters. The highest BCUT2D eigenvalue weighted by Crippen LogP contribution is 2.22. The molecule has 0 aromatic heterocycles. The van der Waals surface area contributed by atoms with Gasteiger partial charge in [-0.05, 0) is 25.2 Å². The number of piperidine rings is 1. The van der Waals surface area contributed by atoms with Crippen LogP contribution in [0, 0.1) is 5.92 Å². The normalized spacial score (nSPS) is 23.6. The van der Waals surface area contributed by atoms with Crippen LogP contribution < -0.4 is 0 Å². The second-order valence-electron chi connectivity index (χ2n) is 4.63. The van der Waals surface area contributed by atoms with E-state index in [1.165, 1.54) is 4.31 Å². The number of nitrogens with zero attached hydrogens (tertiary/aromatic N) is 1. The van der Waals surface area contributed by atoms with Gasteiger partial charge in [-0.3, -0.25) is 4.79 Å². The third-order valence-corrected chi connectivity index (χ3v) is 4.88. The number of carboxylic acid groups (broad SMARTS) is 1. The van der Waals surface area contributed by atoms with Crippen LogP contribution in [-0.2, 0) is 14.8 Å². The Morgan fingerprint density at radius 3 is 2.56 bits per heavy atom. The highest BCUT2D eigenvalue weighted by Gasteiger charge is 2.36. The lowest BCUT2D eigenvalue weighted by Crippen LogP contribution is -2.49. The molecule has 0 spiro atoms. The lowest BCUT2D eigenvalue weighted by Gasteiger charge is -2.32. The number of hydrogen-bond donors (Lipinski definition) is 1. The van der Waals surface area contributed by atoms with Gasteiger partial charge in [-0.1, -0.05) is 13.8 Å². The molecule has 16 heavy (non-hydrogen) atoms. The van der Waals surface area contributed by atoms with Crippen LogP contribution in [0.15, 0.2) is 0 Å². The van der Waals surface area contributed by atoms with Crippen LogP contribution in [0.5, 0.6) is 0 Å². The third kappa shape index (κ3) is 3.18. The van der Waals surface area contributed by atoms with Gasteiger partial charge in [-0.2, -0.15) is 4.31 Å². The van der Waals surface area contributed by atoms with Gasteiger partial charge in [-0.25, -0.2) is 8.42 Å². The molecule has 0 saturated carbocycles. The average molecular weight is 249 g/mol. The van der Waals surface area contributed by atoms with Crippen molar-refractivity contribution in [1.82, 2.24) is 4.31 Å². The molecule has 0 amide bonds. The Balaban J connectivity index is 2.86. The van der Waals surface area contributed by atoms with Gasteiger partial charge in [0.2, 0.25) is 10.0 Å². The van der Waals surface area contributed by atoms with E-state index >= 15 is 0 Å². The summed E-state index contributed by atoms with van der Waals surface area (Å²) in [5.41, 5.74) is 0. The zero-order chi connectivity index (χ0) is 12.3. The summed E-state index contributed by atoms with van der Waals surface area (Å²) in [4.78, 5) is 11.0. The molecule has 0 unspecified atom stereocenters. The number of carboxylic acids is 1. The molecule has 6 heteroatoms. The first kappa shape index (κ1) is 13.4. The molecule has 94 valence electrons. The Kier molecular flexibility index (Phi) is 4.32. The SMILES string of the molecule is CC(C)CS(=O)(=O)N1CCCC[C@@H]1C(=O)O. The molecule has 1 heterocycles. The van der Waals surface area contributed by atoms with E-state index in [0.717, 1.165) is 12.8 Å². The second-order valence-corrected chi connectivity index (χ2v) is 6.60. The number of sulfonamides is 1. The van der Waals surface area contributed by atoms with E-state index in [2.05, 4.69) is 0 Å². The monoisotopic (exact) mass is 249 g/mol. The number of rotatable bonds is 4. The molecule has 1 aliphatic heterocycles. The van der Waals surface area contributed by atoms with Crippen LogP contribution in [0.3, 0.4) is 0 Å². The summed E-state index contributed by atoms with van der Waals surface area (Å²) in [6.45, 7) is 3.97. The number of carbonyl (C=O) groups is 1. The van der Waals surface area contributed by atoms with Gasteiger partial charge in [0, 0.05) is 6.54 Å². The molecule has 0 radical (unpaired) electrons. The second kappa shape index (κ2) is 5.14. The maximum atomic E-state index is 12.0. The zero-order valence-corrected chi connectivity index (χ0v) is 10.5. The predicted molar refractivity (Wildman–Crippen MR) is 60.6 cm³/mol. The van der Waals surface area contributed by atoms with Crippen molar-refractivity contribution in [3.63, 3.8) is 0 Å². The molecule has 1 saturated heterocycles. The van der Waals surface area contributed by atoms with Crippen molar-refractivity contribution in [3.05, 3.63) is 0 Å². The Morgan fingerprint density at radius 1 is 1.44 bits per heavy atom. The smallest absolute Gasteiger partial charge is 0.322 e. The Morgan fingerprint density at radius 2 is 2.06 bits per heavy atom. The molecule has 1 fully saturated rings. The fourth-order valence-electron chi connectivity index (χ4n) is 2.00. The van der Waals surface area contributed by atoms with Gasteiger partial charge in [0.15, 0.2) is 0 Å². The average Bonchev–Trinajstić information content (AvgIpc) is 2.15. The van der Waals surface area contributed by atoms with Gasteiger partial charge in [0.05, 0.1) is 5.75 Å². The zero-order valence-electron chi connectivity index (χ0n) is 9.72. The Hall–Kier alpha value is -0.620. The topological polar surface area (TPSA) is 74.7 Å². The number of aliphatic carboxylic acids is 1. The maximum Gasteiger partial charge on any atom is 0.322 e. The largest absolute Gasteiger partial charge is 0.480 e. The van der Waals surface area contributed by atoms with Crippen LogP contribution in [0.4, 0.5) is 0 Å². The quantitative estimate of drug-likeness (QED) is 0.803.